The molecule has 1 aliphatic rings. The van der Waals surface area contributed by atoms with Gasteiger partial charge in [-0.3, -0.25) is 0 Å². The molecule has 0 amide bonds. The van der Waals surface area contributed by atoms with E-state index in [0.717, 1.165) is 12.8 Å². The molecule has 1 nitrogen and oxygen atoms in total. The van der Waals surface area contributed by atoms with Crippen molar-refractivity contribution in [3.8, 4) is 0 Å². The number of rotatable bonds is 0. The van der Waals surface area contributed by atoms with Gasteiger partial charge in [-0.25, -0.2) is 0 Å². The first-order chi connectivity index (χ1) is 7.09. The topological polar surface area (TPSA) is 20.2 Å². The molecular formula is C14H20O. The molecule has 0 aromatic heterocycles. The van der Waals surface area contributed by atoms with Crippen LogP contribution < -0.4 is 0 Å². The molecule has 1 aliphatic carbocycles. The van der Waals surface area contributed by atoms with Gasteiger partial charge in [0.05, 0.1) is 6.10 Å². The van der Waals surface area contributed by atoms with Crippen molar-refractivity contribution in [3.05, 3.63) is 34.4 Å². The van der Waals surface area contributed by atoms with Crippen LogP contribution in [-0.2, 0) is 6.42 Å². The van der Waals surface area contributed by atoms with Crippen molar-refractivity contribution >= 4 is 0 Å². The lowest BCUT2D eigenvalue weighted by Crippen LogP contribution is -2.04. The first-order valence-electron chi connectivity index (χ1n) is 5.86. The Hall–Kier alpha value is -0.820. The Balaban J connectivity index is 2.52. The second-order valence-corrected chi connectivity index (χ2v) is 4.99. The summed E-state index contributed by atoms with van der Waals surface area (Å²) in [6.45, 7) is 6.50. The zero-order chi connectivity index (χ0) is 11.0. The minimum absolute atomic E-state index is 0.252. The van der Waals surface area contributed by atoms with Crippen LogP contribution in [0.2, 0.25) is 0 Å². The fourth-order valence-corrected chi connectivity index (χ4v) is 2.69. The van der Waals surface area contributed by atoms with Gasteiger partial charge in [0, 0.05) is 0 Å². The molecule has 1 aromatic carbocycles. The first-order valence-corrected chi connectivity index (χ1v) is 5.86. The number of fused-ring (bicyclic) bond motifs is 1. The monoisotopic (exact) mass is 204 g/mol. The predicted molar refractivity (Wildman–Crippen MR) is 63.0 cm³/mol. The summed E-state index contributed by atoms with van der Waals surface area (Å²) in [5, 5.41) is 10.2. The van der Waals surface area contributed by atoms with Gasteiger partial charge in [0.15, 0.2) is 0 Å². The minimum Gasteiger partial charge on any atom is -0.388 e. The van der Waals surface area contributed by atoms with E-state index in [9.17, 15) is 5.11 Å². The van der Waals surface area contributed by atoms with Crippen LogP contribution in [0.3, 0.4) is 0 Å². The van der Waals surface area contributed by atoms with Crippen LogP contribution >= 0.6 is 0 Å². The smallest absolute Gasteiger partial charge is 0.0797 e. The summed E-state index contributed by atoms with van der Waals surface area (Å²) in [6, 6.07) is 4.31. The van der Waals surface area contributed by atoms with Gasteiger partial charge in [-0.05, 0) is 61.3 Å². The third-order valence-electron chi connectivity index (χ3n) is 3.66. The number of aliphatic hydroxyl groups is 1. The average molecular weight is 204 g/mol. The van der Waals surface area contributed by atoms with Gasteiger partial charge in [0.2, 0.25) is 0 Å². The van der Waals surface area contributed by atoms with Crippen LogP contribution in [0.25, 0.3) is 0 Å². The molecular weight excluding hydrogens is 184 g/mol. The maximum atomic E-state index is 10.2. The van der Waals surface area contributed by atoms with E-state index in [1.165, 1.54) is 28.7 Å². The lowest BCUT2D eigenvalue weighted by atomic mass is 9.92. The van der Waals surface area contributed by atoms with E-state index in [0.29, 0.717) is 5.92 Å². The fraction of sp³-hybridized carbons (Fsp3) is 0.571. The molecule has 0 bridgehead atoms. The number of aryl methyl sites for hydroxylation is 2. The van der Waals surface area contributed by atoms with E-state index >= 15 is 0 Å². The normalized spacial score (nSPS) is 25.9. The SMILES string of the molecule is Cc1ccc(C)c2c1CCC(C)CC2O. The van der Waals surface area contributed by atoms with Crippen LogP contribution in [0, 0.1) is 19.8 Å². The lowest BCUT2D eigenvalue weighted by molar-refractivity contribution is 0.149. The van der Waals surface area contributed by atoms with Crippen LogP contribution in [-0.4, -0.2) is 5.11 Å². The molecule has 82 valence electrons. The number of aliphatic hydroxyl groups excluding tert-OH is 1. The van der Waals surface area contributed by atoms with E-state index < -0.39 is 0 Å². The Bertz CT molecular complexity index is 368. The molecule has 1 aromatic rings. The third kappa shape index (κ3) is 1.93. The van der Waals surface area contributed by atoms with Crippen molar-refractivity contribution < 1.29 is 5.11 Å². The Morgan fingerprint density at radius 1 is 1.20 bits per heavy atom. The van der Waals surface area contributed by atoms with Crippen LogP contribution in [0.4, 0.5) is 0 Å². The number of hydrogen-bond donors (Lipinski definition) is 1. The largest absolute Gasteiger partial charge is 0.388 e. The second kappa shape index (κ2) is 3.97. The number of hydrogen-bond acceptors (Lipinski definition) is 1. The van der Waals surface area contributed by atoms with Crippen LogP contribution in [0.5, 0.6) is 0 Å². The summed E-state index contributed by atoms with van der Waals surface area (Å²) in [7, 11) is 0. The molecule has 1 N–H and O–H groups in total. The minimum atomic E-state index is -0.252. The molecule has 2 atom stereocenters. The molecule has 2 unspecified atom stereocenters. The zero-order valence-electron chi connectivity index (χ0n) is 9.88. The molecule has 0 heterocycles. The molecule has 0 spiro atoms. The van der Waals surface area contributed by atoms with E-state index in [2.05, 4.69) is 32.9 Å². The van der Waals surface area contributed by atoms with Crippen molar-refractivity contribution in [2.24, 2.45) is 5.92 Å². The van der Waals surface area contributed by atoms with Crippen molar-refractivity contribution in [1.82, 2.24) is 0 Å². The van der Waals surface area contributed by atoms with Gasteiger partial charge < -0.3 is 5.11 Å². The third-order valence-corrected chi connectivity index (χ3v) is 3.66. The summed E-state index contributed by atoms with van der Waals surface area (Å²) in [5.41, 5.74) is 5.19. The highest BCUT2D eigenvalue weighted by atomic mass is 16.3. The molecule has 1 heteroatoms. The maximum absolute atomic E-state index is 10.2. The highest BCUT2D eigenvalue weighted by Gasteiger charge is 2.22. The summed E-state index contributed by atoms with van der Waals surface area (Å²) >= 11 is 0. The van der Waals surface area contributed by atoms with E-state index in [-0.39, 0.29) is 6.10 Å². The van der Waals surface area contributed by atoms with Gasteiger partial charge in [0.25, 0.3) is 0 Å². The highest BCUT2D eigenvalue weighted by Crippen LogP contribution is 2.35. The van der Waals surface area contributed by atoms with Crippen LogP contribution in [0.15, 0.2) is 12.1 Å². The maximum Gasteiger partial charge on any atom is 0.0797 e. The van der Waals surface area contributed by atoms with Crippen molar-refractivity contribution in [2.45, 2.75) is 46.1 Å². The molecule has 0 saturated heterocycles. The van der Waals surface area contributed by atoms with Crippen LogP contribution in [0.1, 0.15) is 48.1 Å². The van der Waals surface area contributed by atoms with Gasteiger partial charge in [-0.1, -0.05) is 19.1 Å². The van der Waals surface area contributed by atoms with Crippen molar-refractivity contribution in [1.29, 1.82) is 0 Å². The highest BCUT2D eigenvalue weighted by molar-refractivity contribution is 5.42. The molecule has 0 aliphatic heterocycles. The Kier molecular flexibility index (Phi) is 2.83. The quantitative estimate of drug-likeness (QED) is 0.643. The molecule has 0 radical (unpaired) electrons. The zero-order valence-corrected chi connectivity index (χ0v) is 9.88. The Morgan fingerprint density at radius 2 is 1.87 bits per heavy atom. The van der Waals surface area contributed by atoms with Gasteiger partial charge >= 0.3 is 0 Å². The molecule has 0 fully saturated rings. The number of benzene rings is 1. The van der Waals surface area contributed by atoms with E-state index in [1.54, 1.807) is 0 Å². The summed E-state index contributed by atoms with van der Waals surface area (Å²) < 4.78 is 0. The van der Waals surface area contributed by atoms with E-state index in [1.807, 2.05) is 0 Å². The first kappa shape index (κ1) is 10.7. The van der Waals surface area contributed by atoms with Gasteiger partial charge in [-0.15, -0.1) is 0 Å². The summed E-state index contributed by atoms with van der Waals surface area (Å²) in [5.74, 6) is 0.631. The molecule has 0 saturated carbocycles. The lowest BCUT2D eigenvalue weighted by Gasteiger charge is -2.17. The van der Waals surface area contributed by atoms with Crippen molar-refractivity contribution in [3.63, 3.8) is 0 Å². The molecule has 2 rings (SSSR count). The average Bonchev–Trinajstić information content (AvgIpc) is 2.32. The predicted octanol–water partition coefficient (Wildman–Crippen LogP) is 3.31. The second-order valence-electron chi connectivity index (χ2n) is 4.99. The van der Waals surface area contributed by atoms with Crippen molar-refractivity contribution in [2.75, 3.05) is 0 Å². The standard InChI is InChI=1S/C14H20O/c1-9-4-7-12-10(2)5-6-11(3)14(12)13(15)8-9/h5-6,9,13,15H,4,7-8H2,1-3H3. The van der Waals surface area contributed by atoms with E-state index in [4.69, 9.17) is 0 Å². The summed E-state index contributed by atoms with van der Waals surface area (Å²) in [6.07, 6.45) is 2.99. The Morgan fingerprint density at radius 3 is 2.60 bits per heavy atom. The molecule has 15 heavy (non-hydrogen) atoms. The fourth-order valence-electron chi connectivity index (χ4n) is 2.69. The van der Waals surface area contributed by atoms with Gasteiger partial charge in [0.1, 0.15) is 0 Å². The summed E-state index contributed by atoms with van der Waals surface area (Å²) in [4.78, 5) is 0. The Labute approximate surface area is 92.1 Å². The van der Waals surface area contributed by atoms with Gasteiger partial charge in [-0.2, -0.15) is 0 Å².